The molecule has 0 bridgehead atoms. The topological polar surface area (TPSA) is 84.0 Å². The van der Waals surface area contributed by atoms with Crippen LogP contribution in [0.3, 0.4) is 0 Å². The highest BCUT2D eigenvalue weighted by Crippen LogP contribution is 2.22. The molecule has 0 saturated carbocycles. The van der Waals surface area contributed by atoms with Gasteiger partial charge in [0.05, 0.1) is 11.2 Å². The molecular formula is C24H24Cl2N4O2S. The smallest absolute Gasteiger partial charge is 0.272 e. The quantitative estimate of drug-likeness (QED) is 0.282. The summed E-state index contributed by atoms with van der Waals surface area (Å²) < 4.78 is 0. The Bertz CT molecular complexity index is 1100. The molecule has 9 heteroatoms. The van der Waals surface area contributed by atoms with Crippen LogP contribution in [0.4, 0.5) is 5.69 Å². The summed E-state index contributed by atoms with van der Waals surface area (Å²) in [5.74, 6) is -0.0311. The number of hydrogen-bond acceptors (Lipinski definition) is 5. The number of aromatic nitrogens is 2. The molecule has 6 nitrogen and oxygen atoms in total. The molecule has 2 aromatic carbocycles. The predicted octanol–water partition coefficient (Wildman–Crippen LogP) is 5.86. The summed E-state index contributed by atoms with van der Waals surface area (Å²) >= 11 is 13.5. The van der Waals surface area contributed by atoms with Crippen LogP contribution in [0.15, 0.2) is 66.0 Å². The zero-order chi connectivity index (χ0) is 23.8. The van der Waals surface area contributed by atoms with Gasteiger partial charge in [-0.15, -0.1) is 0 Å². The van der Waals surface area contributed by atoms with Gasteiger partial charge in [0.1, 0.15) is 6.04 Å². The van der Waals surface area contributed by atoms with Crippen molar-refractivity contribution in [1.29, 1.82) is 0 Å². The summed E-state index contributed by atoms with van der Waals surface area (Å²) in [4.78, 5) is 34.4. The first kappa shape index (κ1) is 25.0. The molecule has 0 aliphatic rings. The number of hydrogen-bond donors (Lipinski definition) is 2. The molecule has 1 heterocycles. The lowest BCUT2D eigenvalue weighted by Gasteiger charge is -2.20. The molecule has 3 aromatic rings. The van der Waals surface area contributed by atoms with Gasteiger partial charge in [-0.2, -0.15) is 0 Å². The Hall–Kier alpha value is -2.61. The zero-order valence-corrected chi connectivity index (χ0v) is 20.5. The summed E-state index contributed by atoms with van der Waals surface area (Å²) in [6.45, 7) is 3.95. The molecule has 0 aliphatic heterocycles. The van der Waals surface area contributed by atoms with E-state index in [1.807, 2.05) is 44.2 Å². The van der Waals surface area contributed by atoms with E-state index < -0.39 is 11.9 Å². The van der Waals surface area contributed by atoms with Gasteiger partial charge in [-0.25, -0.2) is 9.97 Å². The highest BCUT2D eigenvalue weighted by atomic mass is 35.5. The van der Waals surface area contributed by atoms with Gasteiger partial charge in [0.15, 0.2) is 10.9 Å². The monoisotopic (exact) mass is 502 g/mol. The maximum absolute atomic E-state index is 13.0. The average Bonchev–Trinajstić information content (AvgIpc) is 2.80. The zero-order valence-electron chi connectivity index (χ0n) is 18.2. The van der Waals surface area contributed by atoms with Crippen molar-refractivity contribution in [2.24, 2.45) is 5.92 Å². The molecule has 2 N–H and O–H groups in total. The number of nitrogens with zero attached hydrogens (tertiary/aromatic N) is 2. The lowest BCUT2D eigenvalue weighted by molar-refractivity contribution is -0.118. The first-order valence-corrected chi connectivity index (χ1v) is 12.1. The van der Waals surface area contributed by atoms with Crippen molar-refractivity contribution in [2.45, 2.75) is 37.2 Å². The van der Waals surface area contributed by atoms with Crippen molar-refractivity contribution in [2.75, 3.05) is 5.32 Å². The van der Waals surface area contributed by atoms with Gasteiger partial charge in [-0.3, -0.25) is 9.59 Å². The van der Waals surface area contributed by atoms with Crippen LogP contribution in [0.2, 0.25) is 10.0 Å². The summed E-state index contributed by atoms with van der Waals surface area (Å²) in [6.07, 6.45) is 1.85. The third-order valence-electron chi connectivity index (χ3n) is 4.59. The van der Waals surface area contributed by atoms with Crippen LogP contribution < -0.4 is 10.6 Å². The Kier molecular flexibility index (Phi) is 9.11. The van der Waals surface area contributed by atoms with E-state index >= 15 is 0 Å². The molecule has 0 radical (unpaired) electrons. The Labute approximate surface area is 207 Å². The highest BCUT2D eigenvalue weighted by molar-refractivity contribution is 7.98. The highest BCUT2D eigenvalue weighted by Gasteiger charge is 2.25. The number of benzene rings is 2. The lowest BCUT2D eigenvalue weighted by Crippen LogP contribution is -2.45. The number of thioether (sulfide) groups is 1. The van der Waals surface area contributed by atoms with Crippen LogP contribution in [-0.4, -0.2) is 27.8 Å². The van der Waals surface area contributed by atoms with Gasteiger partial charge in [0.2, 0.25) is 5.91 Å². The van der Waals surface area contributed by atoms with Gasteiger partial charge >= 0.3 is 0 Å². The van der Waals surface area contributed by atoms with Crippen molar-refractivity contribution in [1.82, 2.24) is 15.3 Å². The van der Waals surface area contributed by atoms with Gasteiger partial charge in [-0.1, -0.05) is 79.1 Å². The fraction of sp³-hybridized carbons (Fsp3) is 0.250. The maximum Gasteiger partial charge on any atom is 0.272 e. The molecule has 172 valence electrons. The first-order chi connectivity index (χ1) is 15.8. The Morgan fingerprint density at radius 2 is 1.73 bits per heavy atom. The van der Waals surface area contributed by atoms with E-state index in [-0.39, 0.29) is 22.5 Å². The SMILES string of the molecule is CC(C)C[C@@H](NC(=O)c1nc(SCc2ccccc2)ncc1Cl)C(=O)Nc1ccc(Cl)cc1. The van der Waals surface area contributed by atoms with Crippen LogP contribution >= 0.6 is 35.0 Å². The van der Waals surface area contributed by atoms with Crippen LogP contribution in [0.1, 0.15) is 36.3 Å². The standard InChI is InChI=1S/C24H24Cl2N4O2S/c1-15(2)12-20(22(31)28-18-10-8-17(25)9-11-18)29-23(32)21-19(26)13-27-24(30-21)33-14-16-6-4-3-5-7-16/h3-11,13,15,20H,12,14H2,1-2H3,(H,28,31)(H,29,32)/t20-/m1/s1. The molecule has 2 amide bonds. The minimum absolute atomic E-state index is 0.0373. The van der Waals surface area contributed by atoms with Gasteiger partial charge in [0.25, 0.3) is 5.91 Å². The lowest BCUT2D eigenvalue weighted by atomic mass is 10.0. The van der Waals surface area contributed by atoms with E-state index in [0.29, 0.717) is 28.0 Å². The second-order valence-electron chi connectivity index (χ2n) is 7.78. The molecule has 0 spiro atoms. The third-order valence-corrected chi connectivity index (χ3v) is 6.05. The normalized spacial score (nSPS) is 11.8. The van der Waals surface area contributed by atoms with E-state index in [2.05, 4.69) is 20.6 Å². The summed E-state index contributed by atoms with van der Waals surface area (Å²) in [5, 5.41) is 6.71. The van der Waals surface area contributed by atoms with Crippen molar-refractivity contribution in [3.05, 3.63) is 82.1 Å². The van der Waals surface area contributed by atoms with Crippen molar-refractivity contribution in [3.8, 4) is 0 Å². The van der Waals surface area contributed by atoms with Crippen LogP contribution in [0, 0.1) is 5.92 Å². The second kappa shape index (κ2) is 12.0. The van der Waals surface area contributed by atoms with Gasteiger partial charge < -0.3 is 10.6 Å². The summed E-state index contributed by atoms with van der Waals surface area (Å²) in [5.41, 5.74) is 1.74. The number of halogens is 2. The van der Waals surface area contributed by atoms with E-state index in [4.69, 9.17) is 23.2 Å². The molecule has 0 aliphatic carbocycles. The van der Waals surface area contributed by atoms with E-state index in [9.17, 15) is 9.59 Å². The number of carbonyl (C=O) groups is 2. The Balaban J connectivity index is 1.71. The first-order valence-electron chi connectivity index (χ1n) is 10.4. The summed E-state index contributed by atoms with van der Waals surface area (Å²) in [6, 6.07) is 15.9. The predicted molar refractivity (Wildman–Crippen MR) is 134 cm³/mol. The molecule has 0 saturated heterocycles. The molecule has 33 heavy (non-hydrogen) atoms. The number of nitrogens with one attached hydrogen (secondary N) is 2. The minimum atomic E-state index is -0.764. The maximum atomic E-state index is 13.0. The van der Waals surface area contributed by atoms with Crippen molar-refractivity contribution in [3.63, 3.8) is 0 Å². The van der Waals surface area contributed by atoms with E-state index in [1.54, 1.807) is 24.3 Å². The molecule has 3 rings (SSSR count). The summed E-state index contributed by atoms with van der Waals surface area (Å²) in [7, 11) is 0. The molecular weight excluding hydrogens is 479 g/mol. The van der Waals surface area contributed by atoms with Crippen LogP contribution in [0.25, 0.3) is 0 Å². The molecule has 1 aromatic heterocycles. The van der Waals surface area contributed by atoms with Crippen molar-refractivity contribution >= 4 is 52.5 Å². The molecule has 0 fully saturated rings. The van der Waals surface area contributed by atoms with E-state index in [0.717, 1.165) is 5.56 Å². The fourth-order valence-corrected chi connectivity index (χ4v) is 4.07. The van der Waals surface area contributed by atoms with Gasteiger partial charge in [0, 0.05) is 16.5 Å². The van der Waals surface area contributed by atoms with Gasteiger partial charge in [-0.05, 0) is 42.2 Å². The van der Waals surface area contributed by atoms with E-state index in [1.165, 1.54) is 18.0 Å². The number of rotatable bonds is 9. The van der Waals surface area contributed by atoms with Crippen LogP contribution in [0.5, 0.6) is 0 Å². The molecule has 0 unspecified atom stereocenters. The molecule has 1 atom stereocenters. The largest absolute Gasteiger partial charge is 0.339 e. The third kappa shape index (κ3) is 7.74. The number of amides is 2. The second-order valence-corrected chi connectivity index (χ2v) is 9.56. The Morgan fingerprint density at radius 3 is 2.39 bits per heavy atom. The fourth-order valence-electron chi connectivity index (χ4n) is 2.99. The Morgan fingerprint density at radius 1 is 1.03 bits per heavy atom. The van der Waals surface area contributed by atoms with Crippen LogP contribution in [-0.2, 0) is 10.5 Å². The van der Waals surface area contributed by atoms with Crippen molar-refractivity contribution < 1.29 is 9.59 Å². The number of carbonyl (C=O) groups excluding carboxylic acids is 2. The minimum Gasteiger partial charge on any atom is -0.339 e. The number of anilines is 1. The average molecular weight is 503 g/mol.